The zero-order valence-electron chi connectivity index (χ0n) is 10.9. The molecule has 0 aliphatic carbocycles. The molecule has 0 aromatic heterocycles. The molecule has 1 aliphatic heterocycles. The largest absolute Gasteiger partial charge is 0.395 e. The predicted molar refractivity (Wildman–Crippen MR) is 68.4 cm³/mol. The molecule has 1 rings (SSSR count). The number of nitrogens with two attached hydrogens (primary N) is 1. The van der Waals surface area contributed by atoms with Gasteiger partial charge >= 0.3 is 0 Å². The molecule has 16 heavy (non-hydrogen) atoms. The number of hydrogen-bond donors (Lipinski definition) is 2. The van der Waals surface area contributed by atoms with Gasteiger partial charge < -0.3 is 10.8 Å². The lowest BCUT2D eigenvalue weighted by atomic mass is 9.84. The van der Waals surface area contributed by atoms with Crippen molar-refractivity contribution in [2.45, 2.75) is 52.0 Å². The van der Waals surface area contributed by atoms with E-state index in [-0.39, 0.29) is 5.41 Å². The highest BCUT2D eigenvalue weighted by atomic mass is 16.3. The van der Waals surface area contributed by atoms with E-state index in [4.69, 9.17) is 5.73 Å². The van der Waals surface area contributed by atoms with Crippen LogP contribution in [-0.4, -0.2) is 42.3 Å². The SMILES string of the molecule is CCCC(C)(CN)CN1CCCCC1CO. The van der Waals surface area contributed by atoms with Gasteiger partial charge in [0.15, 0.2) is 0 Å². The molecular weight excluding hydrogens is 200 g/mol. The van der Waals surface area contributed by atoms with Gasteiger partial charge in [-0.05, 0) is 37.8 Å². The van der Waals surface area contributed by atoms with E-state index in [0.717, 1.165) is 26.1 Å². The summed E-state index contributed by atoms with van der Waals surface area (Å²) in [6.45, 7) is 7.71. The second-order valence-corrected chi connectivity index (χ2v) is 5.57. The highest BCUT2D eigenvalue weighted by molar-refractivity contribution is 4.84. The average Bonchev–Trinajstić information content (AvgIpc) is 2.30. The van der Waals surface area contributed by atoms with Gasteiger partial charge in [0.2, 0.25) is 0 Å². The summed E-state index contributed by atoms with van der Waals surface area (Å²) in [6, 6.07) is 0.372. The highest BCUT2D eigenvalue weighted by Crippen LogP contribution is 2.27. The van der Waals surface area contributed by atoms with Crippen LogP contribution in [-0.2, 0) is 0 Å². The maximum Gasteiger partial charge on any atom is 0.0586 e. The molecule has 0 spiro atoms. The van der Waals surface area contributed by atoms with Crippen LogP contribution in [0, 0.1) is 5.41 Å². The quantitative estimate of drug-likeness (QED) is 0.726. The van der Waals surface area contributed by atoms with Crippen LogP contribution in [0.15, 0.2) is 0 Å². The standard InChI is InChI=1S/C13H28N2O/c1-3-7-13(2,10-14)11-15-8-5-4-6-12(15)9-16/h12,16H,3-11,14H2,1-2H3. The monoisotopic (exact) mass is 228 g/mol. The van der Waals surface area contributed by atoms with Crippen molar-refractivity contribution in [3.63, 3.8) is 0 Å². The second-order valence-electron chi connectivity index (χ2n) is 5.57. The molecule has 3 N–H and O–H groups in total. The molecule has 0 aromatic rings. The van der Waals surface area contributed by atoms with Gasteiger partial charge in [0, 0.05) is 12.6 Å². The normalized spacial score (nSPS) is 26.6. The van der Waals surface area contributed by atoms with E-state index in [1.807, 2.05) is 0 Å². The highest BCUT2D eigenvalue weighted by Gasteiger charge is 2.29. The molecule has 0 aromatic carbocycles. The Balaban J connectivity index is 2.54. The van der Waals surface area contributed by atoms with Crippen LogP contribution in [0.5, 0.6) is 0 Å². The number of hydrogen-bond acceptors (Lipinski definition) is 3. The van der Waals surface area contributed by atoms with Crippen LogP contribution < -0.4 is 5.73 Å². The molecule has 3 nitrogen and oxygen atoms in total. The van der Waals surface area contributed by atoms with Gasteiger partial charge in [-0.3, -0.25) is 4.90 Å². The number of rotatable bonds is 6. The van der Waals surface area contributed by atoms with E-state index in [2.05, 4.69) is 18.7 Å². The third kappa shape index (κ3) is 3.72. The van der Waals surface area contributed by atoms with E-state index < -0.39 is 0 Å². The lowest BCUT2D eigenvalue weighted by molar-refractivity contribution is 0.0519. The van der Waals surface area contributed by atoms with E-state index in [1.165, 1.54) is 25.7 Å². The first-order valence-corrected chi connectivity index (χ1v) is 6.70. The zero-order valence-corrected chi connectivity index (χ0v) is 10.9. The van der Waals surface area contributed by atoms with Crippen LogP contribution in [0.1, 0.15) is 46.0 Å². The smallest absolute Gasteiger partial charge is 0.0586 e. The fourth-order valence-electron chi connectivity index (χ4n) is 2.81. The number of aliphatic hydroxyl groups excluding tert-OH is 1. The van der Waals surface area contributed by atoms with E-state index in [1.54, 1.807) is 0 Å². The Kier molecular flexibility index (Phi) is 5.73. The van der Waals surface area contributed by atoms with E-state index in [9.17, 15) is 5.11 Å². The average molecular weight is 228 g/mol. The second kappa shape index (κ2) is 6.58. The Morgan fingerprint density at radius 1 is 1.44 bits per heavy atom. The van der Waals surface area contributed by atoms with Crippen molar-refractivity contribution in [2.24, 2.45) is 11.1 Å². The van der Waals surface area contributed by atoms with Crippen LogP contribution in [0.25, 0.3) is 0 Å². The Morgan fingerprint density at radius 3 is 2.75 bits per heavy atom. The molecule has 1 heterocycles. The van der Waals surface area contributed by atoms with Gasteiger partial charge in [-0.1, -0.05) is 26.7 Å². The summed E-state index contributed by atoms with van der Waals surface area (Å²) in [5.41, 5.74) is 6.13. The molecule has 0 amide bonds. The topological polar surface area (TPSA) is 49.5 Å². The van der Waals surface area contributed by atoms with Gasteiger partial charge in [0.1, 0.15) is 0 Å². The molecule has 3 heteroatoms. The first-order chi connectivity index (χ1) is 7.65. The predicted octanol–water partition coefficient (Wildman–Crippen LogP) is 1.60. The van der Waals surface area contributed by atoms with Crippen LogP contribution >= 0.6 is 0 Å². The minimum absolute atomic E-state index is 0.222. The van der Waals surface area contributed by atoms with Crippen molar-refractivity contribution < 1.29 is 5.11 Å². The van der Waals surface area contributed by atoms with E-state index in [0.29, 0.717) is 12.6 Å². The number of aliphatic hydroxyl groups is 1. The molecule has 0 radical (unpaired) electrons. The minimum atomic E-state index is 0.222. The summed E-state index contributed by atoms with van der Waals surface area (Å²) >= 11 is 0. The first-order valence-electron chi connectivity index (χ1n) is 6.70. The molecule has 0 saturated carbocycles. The van der Waals surface area contributed by atoms with Crippen molar-refractivity contribution >= 4 is 0 Å². The minimum Gasteiger partial charge on any atom is -0.395 e. The summed E-state index contributed by atoms with van der Waals surface area (Å²) in [7, 11) is 0. The maximum atomic E-state index is 9.39. The number of piperidine rings is 1. The third-order valence-corrected chi connectivity index (χ3v) is 3.89. The van der Waals surface area contributed by atoms with Crippen molar-refractivity contribution in [3.05, 3.63) is 0 Å². The summed E-state index contributed by atoms with van der Waals surface area (Å²) in [5, 5.41) is 9.39. The van der Waals surface area contributed by atoms with Crippen LogP contribution in [0.3, 0.4) is 0 Å². The Bertz CT molecular complexity index is 198. The van der Waals surface area contributed by atoms with Crippen molar-refractivity contribution in [2.75, 3.05) is 26.2 Å². The molecule has 2 atom stereocenters. The zero-order chi connectivity index (χ0) is 12.0. The van der Waals surface area contributed by atoms with Gasteiger partial charge in [0.05, 0.1) is 6.61 Å². The summed E-state index contributed by atoms with van der Waals surface area (Å²) < 4.78 is 0. The number of nitrogens with zero attached hydrogens (tertiary/aromatic N) is 1. The van der Waals surface area contributed by atoms with Crippen molar-refractivity contribution in [3.8, 4) is 0 Å². The lowest BCUT2D eigenvalue weighted by Crippen LogP contribution is -2.48. The lowest BCUT2D eigenvalue weighted by Gasteiger charge is -2.41. The van der Waals surface area contributed by atoms with Gasteiger partial charge in [-0.15, -0.1) is 0 Å². The Morgan fingerprint density at radius 2 is 2.19 bits per heavy atom. The number of likely N-dealkylation sites (tertiary alicyclic amines) is 1. The first kappa shape index (κ1) is 13.9. The molecule has 0 bridgehead atoms. The van der Waals surface area contributed by atoms with Gasteiger partial charge in [0.25, 0.3) is 0 Å². The molecule has 2 unspecified atom stereocenters. The summed E-state index contributed by atoms with van der Waals surface area (Å²) in [4.78, 5) is 2.45. The molecule has 96 valence electrons. The molecule has 1 saturated heterocycles. The summed E-state index contributed by atoms with van der Waals surface area (Å²) in [6.07, 6.45) is 6.03. The molecule has 1 fully saturated rings. The van der Waals surface area contributed by atoms with Crippen LogP contribution in [0.2, 0.25) is 0 Å². The Labute approximate surface area is 100 Å². The van der Waals surface area contributed by atoms with Gasteiger partial charge in [-0.2, -0.15) is 0 Å². The van der Waals surface area contributed by atoms with Crippen molar-refractivity contribution in [1.82, 2.24) is 4.90 Å². The molecule has 1 aliphatic rings. The third-order valence-electron chi connectivity index (χ3n) is 3.89. The summed E-state index contributed by atoms with van der Waals surface area (Å²) in [5.74, 6) is 0. The Hall–Kier alpha value is -0.120. The van der Waals surface area contributed by atoms with Crippen LogP contribution in [0.4, 0.5) is 0 Å². The van der Waals surface area contributed by atoms with E-state index >= 15 is 0 Å². The van der Waals surface area contributed by atoms with Crippen molar-refractivity contribution in [1.29, 1.82) is 0 Å². The van der Waals surface area contributed by atoms with Gasteiger partial charge in [-0.25, -0.2) is 0 Å². The fourth-order valence-corrected chi connectivity index (χ4v) is 2.81. The fraction of sp³-hybridized carbons (Fsp3) is 1.00. The molecular formula is C13H28N2O. The maximum absolute atomic E-state index is 9.39.